The summed E-state index contributed by atoms with van der Waals surface area (Å²) in [4.78, 5) is 0. The second-order valence-corrected chi connectivity index (χ2v) is 5.09. The monoisotopic (exact) mass is 224 g/mol. The molecule has 0 radical (unpaired) electrons. The summed E-state index contributed by atoms with van der Waals surface area (Å²) in [5.74, 6) is 0.799. The molecule has 1 heteroatoms. The summed E-state index contributed by atoms with van der Waals surface area (Å²) in [6.45, 7) is 5.98. The average Bonchev–Trinajstić information content (AvgIpc) is 2.34. The van der Waals surface area contributed by atoms with Gasteiger partial charge in [-0.3, -0.25) is 0 Å². The van der Waals surface area contributed by atoms with E-state index in [4.69, 9.17) is 4.74 Å². The second-order valence-electron chi connectivity index (χ2n) is 5.09. The van der Waals surface area contributed by atoms with Gasteiger partial charge in [-0.25, -0.2) is 0 Å². The quantitative estimate of drug-likeness (QED) is 0.413. The van der Waals surface area contributed by atoms with E-state index in [-0.39, 0.29) is 0 Å². The third-order valence-electron chi connectivity index (χ3n) is 3.79. The molecule has 1 saturated carbocycles. The molecule has 0 aromatic rings. The maximum Gasteiger partial charge on any atom is 0.101 e. The number of hydrogen-bond donors (Lipinski definition) is 0. The first-order valence-electron chi connectivity index (χ1n) is 7.14. The highest BCUT2D eigenvalue weighted by molar-refractivity contribution is 4.76. The van der Waals surface area contributed by atoms with Gasteiger partial charge in [-0.15, -0.1) is 0 Å². The number of rotatable bonds is 8. The van der Waals surface area contributed by atoms with Gasteiger partial charge in [-0.05, 0) is 31.6 Å². The first kappa shape index (κ1) is 13.6. The Bertz CT molecular complexity index is 170. The van der Waals surface area contributed by atoms with Gasteiger partial charge in [0.2, 0.25) is 0 Å². The molecule has 1 aliphatic rings. The van der Waals surface area contributed by atoms with E-state index in [0.717, 1.165) is 5.92 Å². The lowest BCUT2D eigenvalue weighted by Crippen LogP contribution is -2.24. The van der Waals surface area contributed by atoms with Gasteiger partial charge in [0.1, 0.15) is 6.10 Å². The van der Waals surface area contributed by atoms with Crippen LogP contribution in [0, 0.1) is 5.92 Å². The van der Waals surface area contributed by atoms with E-state index in [1.54, 1.807) is 6.26 Å². The van der Waals surface area contributed by atoms with Crippen molar-refractivity contribution in [2.75, 3.05) is 0 Å². The van der Waals surface area contributed by atoms with Gasteiger partial charge in [-0.2, -0.15) is 0 Å². The van der Waals surface area contributed by atoms with E-state index in [2.05, 4.69) is 13.5 Å². The molecular formula is C15H28O. The van der Waals surface area contributed by atoms with Crippen molar-refractivity contribution in [1.82, 2.24) is 0 Å². The average molecular weight is 224 g/mol. The van der Waals surface area contributed by atoms with E-state index in [1.165, 1.54) is 64.2 Å². The Balaban J connectivity index is 2.24. The Morgan fingerprint density at radius 2 is 1.94 bits per heavy atom. The molecule has 1 atom stereocenters. The molecule has 16 heavy (non-hydrogen) atoms. The maximum atomic E-state index is 5.73. The van der Waals surface area contributed by atoms with Crippen LogP contribution in [0.15, 0.2) is 12.8 Å². The maximum absolute atomic E-state index is 5.73. The number of unbranched alkanes of at least 4 members (excludes halogenated alkanes) is 3. The highest BCUT2D eigenvalue weighted by atomic mass is 16.5. The summed E-state index contributed by atoms with van der Waals surface area (Å²) in [6, 6.07) is 0. The van der Waals surface area contributed by atoms with Crippen LogP contribution in [0.3, 0.4) is 0 Å². The Morgan fingerprint density at radius 1 is 1.19 bits per heavy atom. The van der Waals surface area contributed by atoms with E-state index in [1.807, 2.05) is 0 Å². The van der Waals surface area contributed by atoms with Crippen molar-refractivity contribution in [3.63, 3.8) is 0 Å². The smallest absolute Gasteiger partial charge is 0.101 e. The second kappa shape index (κ2) is 8.66. The van der Waals surface area contributed by atoms with E-state index in [0.29, 0.717) is 6.10 Å². The molecule has 1 unspecified atom stereocenters. The minimum atomic E-state index is 0.453. The third kappa shape index (κ3) is 5.05. The normalized spacial score (nSPS) is 19.3. The van der Waals surface area contributed by atoms with Crippen LogP contribution in [0.1, 0.15) is 71.1 Å². The zero-order valence-electron chi connectivity index (χ0n) is 10.9. The van der Waals surface area contributed by atoms with Gasteiger partial charge in [-0.1, -0.05) is 52.0 Å². The van der Waals surface area contributed by atoms with Crippen LogP contribution in [0.25, 0.3) is 0 Å². The minimum Gasteiger partial charge on any atom is -0.498 e. The van der Waals surface area contributed by atoms with Crippen LogP contribution in [0.4, 0.5) is 0 Å². The molecule has 0 aromatic heterocycles. The Labute approximate surface area is 101 Å². The molecule has 0 N–H and O–H groups in total. The first-order chi connectivity index (χ1) is 7.88. The van der Waals surface area contributed by atoms with Crippen LogP contribution in [-0.4, -0.2) is 6.10 Å². The Kier molecular flexibility index (Phi) is 7.37. The lowest BCUT2D eigenvalue weighted by Gasteiger charge is -2.29. The van der Waals surface area contributed by atoms with Gasteiger partial charge in [0.05, 0.1) is 6.26 Å². The number of hydrogen-bond acceptors (Lipinski definition) is 1. The van der Waals surface area contributed by atoms with Crippen molar-refractivity contribution in [2.24, 2.45) is 5.92 Å². The topological polar surface area (TPSA) is 9.23 Å². The zero-order chi connectivity index (χ0) is 11.6. The molecular weight excluding hydrogens is 196 g/mol. The van der Waals surface area contributed by atoms with Crippen molar-refractivity contribution < 1.29 is 4.74 Å². The summed E-state index contributed by atoms with van der Waals surface area (Å²) in [5.41, 5.74) is 0. The van der Waals surface area contributed by atoms with Crippen molar-refractivity contribution in [2.45, 2.75) is 77.2 Å². The van der Waals surface area contributed by atoms with Crippen LogP contribution in [0.2, 0.25) is 0 Å². The summed E-state index contributed by atoms with van der Waals surface area (Å²) in [7, 11) is 0. The molecule has 1 fully saturated rings. The molecule has 0 spiro atoms. The highest BCUT2D eigenvalue weighted by Gasteiger charge is 2.23. The largest absolute Gasteiger partial charge is 0.498 e. The third-order valence-corrected chi connectivity index (χ3v) is 3.79. The molecule has 0 amide bonds. The van der Waals surface area contributed by atoms with Gasteiger partial charge in [0, 0.05) is 0 Å². The molecule has 0 aliphatic heterocycles. The Morgan fingerprint density at radius 3 is 2.56 bits per heavy atom. The molecule has 1 nitrogen and oxygen atoms in total. The van der Waals surface area contributed by atoms with Gasteiger partial charge >= 0.3 is 0 Å². The zero-order valence-corrected chi connectivity index (χ0v) is 10.9. The molecule has 94 valence electrons. The fourth-order valence-electron chi connectivity index (χ4n) is 2.82. The molecule has 0 saturated heterocycles. The Hall–Kier alpha value is -0.460. The van der Waals surface area contributed by atoms with Crippen molar-refractivity contribution in [3.05, 3.63) is 12.8 Å². The van der Waals surface area contributed by atoms with E-state index < -0.39 is 0 Å². The molecule has 1 aliphatic carbocycles. The molecule has 0 heterocycles. The fraction of sp³-hybridized carbons (Fsp3) is 0.867. The van der Waals surface area contributed by atoms with Gasteiger partial charge in [0.15, 0.2) is 0 Å². The van der Waals surface area contributed by atoms with Crippen LogP contribution in [0.5, 0.6) is 0 Å². The van der Waals surface area contributed by atoms with Crippen molar-refractivity contribution in [3.8, 4) is 0 Å². The van der Waals surface area contributed by atoms with Crippen LogP contribution in [-0.2, 0) is 4.74 Å². The van der Waals surface area contributed by atoms with Crippen LogP contribution < -0.4 is 0 Å². The molecule has 0 aromatic carbocycles. The predicted molar refractivity (Wildman–Crippen MR) is 70.4 cm³/mol. The summed E-state index contributed by atoms with van der Waals surface area (Å²) in [6.07, 6.45) is 15.7. The lowest BCUT2D eigenvalue weighted by atomic mass is 9.83. The van der Waals surface area contributed by atoms with Crippen molar-refractivity contribution >= 4 is 0 Å². The molecule has 0 bridgehead atoms. The predicted octanol–water partition coefficient (Wildman–Crippen LogP) is 5.07. The number of ether oxygens (including phenoxy) is 1. The lowest BCUT2D eigenvalue weighted by molar-refractivity contribution is 0.0578. The fourth-order valence-corrected chi connectivity index (χ4v) is 2.82. The van der Waals surface area contributed by atoms with E-state index >= 15 is 0 Å². The summed E-state index contributed by atoms with van der Waals surface area (Å²) < 4.78 is 5.73. The highest BCUT2D eigenvalue weighted by Crippen LogP contribution is 2.30. The SMILES string of the molecule is C=COC(CCCCCC)C1CCCCC1. The van der Waals surface area contributed by atoms with Gasteiger partial charge < -0.3 is 4.74 Å². The molecule has 1 rings (SSSR count). The summed E-state index contributed by atoms with van der Waals surface area (Å²) >= 11 is 0. The minimum absolute atomic E-state index is 0.453. The van der Waals surface area contributed by atoms with Gasteiger partial charge in [0.25, 0.3) is 0 Å². The first-order valence-corrected chi connectivity index (χ1v) is 7.14. The summed E-state index contributed by atoms with van der Waals surface area (Å²) in [5, 5.41) is 0. The standard InChI is InChI=1S/C15H28O/c1-3-5-6-10-13-15(16-4-2)14-11-8-7-9-12-14/h4,14-15H,2-3,5-13H2,1H3. The van der Waals surface area contributed by atoms with E-state index in [9.17, 15) is 0 Å². The van der Waals surface area contributed by atoms with Crippen molar-refractivity contribution in [1.29, 1.82) is 0 Å². The van der Waals surface area contributed by atoms with Crippen LogP contribution >= 0.6 is 0 Å².